The van der Waals surface area contributed by atoms with Crippen molar-refractivity contribution in [2.45, 2.75) is 66.1 Å². The number of nitrogens with one attached hydrogen (secondary N) is 2. The minimum atomic E-state index is -0.680. The summed E-state index contributed by atoms with van der Waals surface area (Å²) in [7, 11) is 0. The third-order valence-corrected chi connectivity index (χ3v) is 5.73. The van der Waals surface area contributed by atoms with E-state index in [0.717, 1.165) is 29.0 Å². The summed E-state index contributed by atoms with van der Waals surface area (Å²) >= 11 is 0. The van der Waals surface area contributed by atoms with Gasteiger partial charge in [-0.1, -0.05) is 45.0 Å². The van der Waals surface area contributed by atoms with Crippen LogP contribution in [0.3, 0.4) is 0 Å². The largest absolute Gasteiger partial charge is 0.443 e. The maximum atomic E-state index is 13.2. The van der Waals surface area contributed by atoms with E-state index >= 15 is 0 Å². The van der Waals surface area contributed by atoms with Gasteiger partial charge in [-0.15, -0.1) is 0 Å². The van der Waals surface area contributed by atoms with Crippen molar-refractivity contribution in [3.05, 3.63) is 41.9 Å². The number of aryl methyl sites for hydroxylation is 1. The van der Waals surface area contributed by atoms with Gasteiger partial charge in [-0.2, -0.15) is 0 Å². The zero-order valence-corrected chi connectivity index (χ0v) is 19.4. The van der Waals surface area contributed by atoms with Crippen LogP contribution >= 0.6 is 0 Å². The van der Waals surface area contributed by atoms with Crippen molar-refractivity contribution in [3.63, 3.8) is 0 Å². The van der Waals surface area contributed by atoms with Crippen LogP contribution in [0.15, 0.2) is 35.1 Å². The van der Waals surface area contributed by atoms with Crippen molar-refractivity contribution in [2.24, 2.45) is 5.41 Å². The lowest BCUT2D eigenvalue weighted by molar-refractivity contribution is -0.143. The third kappa shape index (κ3) is 5.36. The summed E-state index contributed by atoms with van der Waals surface area (Å²) in [6.45, 7) is 9.87. The average molecular weight is 441 g/mol. The van der Waals surface area contributed by atoms with E-state index in [1.165, 1.54) is 13.3 Å². The molecule has 2 aromatic rings. The Kier molecular flexibility index (Phi) is 7.01. The molecule has 2 heterocycles. The Morgan fingerprint density at radius 3 is 2.47 bits per heavy atom. The van der Waals surface area contributed by atoms with Crippen LogP contribution in [0.5, 0.6) is 0 Å². The molecule has 1 aromatic carbocycles. The minimum absolute atomic E-state index is 0.179. The number of hydrogen-bond donors (Lipinski definition) is 2. The standard InChI is InChI=1S/C24H32N4O4/c1-15-20(32-14-26-15)18-10-8-17(9-11-18)13-25-22(30)19-7-6-12-28(19)23(31)21(24(3,4)5)27-16(2)29/h8-11,14,19,21H,6-7,12-13H2,1-5H3,(H,25,30)(H,27,29)/t19-,21+/m0/s1. The fourth-order valence-corrected chi connectivity index (χ4v) is 3.98. The summed E-state index contributed by atoms with van der Waals surface area (Å²) in [5.74, 6) is 0.0781. The Morgan fingerprint density at radius 1 is 1.22 bits per heavy atom. The highest BCUT2D eigenvalue weighted by atomic mass is 16.3. The zero-order valence-electron chi connectivity index (χ0n) is 19.4. The molecule has 0 spiro atoms. The number of likely N-dealkylation sites (tertiary alicyclic amines) is 1. The monoisotopic (exact) mass is 440 g/mol. The Hall–Kier alpha value is -3.16. The van der Waals surface area contributed by atoms with Crippen LogP contribution in [0.2, 0.25) is 0 Å². The van der Waals surface area contributed by atoms with Gasteiger partial charge in [0.2, 0.25) is 17.7 Å². The topological polar surface area (TPSA) is 105 Å². The molecular formula is C24H32N4O4. The van der Waals surface area contributed by atoms with Crippen LogP contribution in [0.4, 0.5) is 0 Å². The number of rotatable bonds is 6. The quantitative estimate of drug-likeness (QED) is 0.719. The van der Waals surface area contributed by atoms with E-state index in [-0.39, 0.29) is 17.7 Å². The predicted octanol–water partition coefficient (Wildman–Crippen LogP) is 2.81. The van der Waals surface area contributed by atoms with Gasteiger partial charge in [0, 0.05) is 25.6 Å². The molecule has 1 aliphatic rings. The minimum Gasteiger partial charge on any atom is -0.443 e. The Balaban J connectivity index is 1.63. The van der Waals surface area contributed by atoms with Gasteiger partial charge in [-0.3, -0.25) is 14.4 Å². The normalized spacial score (nSPS) is 17.2. The Labute approximate surface area is 188 Å². The molecule has 1 aromatic heterocycles. The highest BCUT2D eigenvalue weighted by Crippen LogP contribution is 2.26. The van der Waals surface area contributed by atoms with Gasteiger partial charge in [-0.25, -0.2) is 4.98 Å². The summed E-state index contributed by atoms with van der Waals surface area (Å²) in [6, 6.07) is 6.52. The van der Waals surface area contributed by atoms with E-state index in [1.54, 1.807) is 4.90 Å². The Morgan fingerprint density at radius 2 is 1.91 bits per heavy atom. The van der Waals surface area contributed by atoms with Crippen molar-refractivity contribution in [1.82, 2.24) is 20.5 Å². The zero-order chi connectivity index (χ0) is 23.5. The lowest BCUT2D eigenvalue weighted by Gasteiger charge is -2.35. The van der Waals surface area contributed by atoms with E-state index in [0.29, 0.717) is 19.5 Å². The maximum absolute atomic E-state index is 13.2. The number of aromatic nitrogens is 1. The molecule has 1 aliphatic heterocycles. The van der Waals surface area contributed by atoms with Gasteiger partial charge in [0.25, 0.3) is 0 Å². The molecule has 0 bridgehead atoms. The number of benzene rings is 1. The fraction of sp³-hybridized carbons (Fsp3) is 0.500. The third-order valence-electron chi connectivity index (χ3n) is 5.73. The Bertz CT molecular complexity index is 975. The number of carbonyl (C=O) groups excluding carboxylic acids is 3. The molecule has 1 saturated heterocycles. The molecule has 0 unspecified atom stereocenters. The second-order valence-electron chi connectivity index (χ2n) is 9.37. The van der Waals surface area contributed by atoms with Crippen LogP contribution in [-0.4, -0.2) is 46.2 Å². The molecule has 0 aliphatic carbocycles. The van der Waals surface area contributed by atoms with Crippen LogP contribution in [-0.2, 0) is 20.9 Å². The van der Waals surface area contributed by atoms with E-state index in [4.69, 9.17) is 4.42 Å². The van der Waals surface area contributed by atoms with E-state index in [2.05, 4.69) is 15.6 Å². The number of nitrogens with zero attached hydrogens (tertiary/aromatic N) is 2. The summed E-state index contributed by atoms with van der Waals surface area (Å²) in [4.78, 5) is 43.5. The second kappa shape index (κ2) is 9.54. The second-order valence-corrected chi connectivity index (χ2v) is 9.37. The number of hydrogen-bond acceptors (Lipinski definition) is 5. The van der Waals surface area contributed by atoms with Gasteiger partial charge in [0.1, 0.15) is 12.1 Å². The molecular weight excluding hydrogens is 408 g/mol. The molecule has 32 heavy (non-hydrogen) atoms. The average Bonchev–Trinajstić information content (AvgIpc) is 3.38. The summed E-state index contributed by atoms with van der Waals surface area (Å²) in [5.41, 5.74) is 2.23. The number of carbonyl (C=O) groups is 3. The molecule has 2 N–H and O–H groups in total. The van der Waals surface area contributed by atoms with Crippen molar-refractivity contribution >= 4 is 17.7 Å². The van der Waals surface area contributed by atoms with Gasteiger partial charge in [-0.05, 0) is 30.7 Å². The highest BCUT2D eigenvalue weighted by molar-refractivity contribution is 5.92. The van der Waals surface area contributed by atoms with Gasteiger partial charge >= 0.3 is 0 Å². The van der Waals surface area contributed by atoms with Gasteiger partial charge in [0.05, 0.1) is 5.69 Å². The van der Waals surface area contributed by atoms with Gasteiger partial charge < -0.3 is 20.0 Å². The molecule has 3 amide bonds. The molecule has 0 radical (unpaired) electrons. The predicted molar refractivity (Wildman–Crippen MR) is 120 cm³/mol. The van der Waals surface area contributed by atoms with Crippen molar-refractivity contribution in [2.75, 3.05) is 6.54 Å². The molecule has 0 saturated carbocycles. The summed E-state index contributed by atoms with van der Waals surface area (Å²) in [5, 5.41) is 5.71. The molecule has 8 nitrogen and oxygen atoms in total. The molecule has 1 fully saturated rings. The maximum Gasteiger partial charge on any atom is 0.246 e. The van der Waals surface area contributed by atoms with Crippen LogP contribution in [0.25, 0.3) is 11.3 Å². The van der Waals surface area contributed by atoms with Crippen LogP contribution in [0, 0.1) is 12.3 Å². The van der Waals surface area contributed by atoms with Crippen LogP contribution in [0.1, 0.15) is 51.8 Å². The first-order valence-electron chi connectivity index (χ1n) is 10.9. The molecule has 8 heteroatoms. The lowest BCUT2D eigenvalue weighted by Crippen LogP contribution is -2.57. The van der Waals surface area contributed by atoms with E-state index < -0.39 is 17.5 Å². The SMILES string of the molecule is CC(=O)N[C@H](C(=O)N1CCC[C@H]1C(=O)NCc1ccc(-c2ocnc2C)cc1)C(C)(C)C. The molecule has 172 valence electrons. The van der Waals surface area contributed by atoms with E-state index in [1.807, 2.05) is 52.0 Å². The number of oxazole rings is 1. The van der Waals surface area contributed by atoms with E-state index in [9.17, 15) is 14.4 Å². The van der Waals surface area contributed by atoms with Crippen molar-refractivity contribution in [1.29, 1.82) is 0 Å². The molecule has 2 atom stereocenters. The highest BCUT2D eigenvalue weighted by Gasteiger charge is 2.41. The number of amides is 3. The summed E-state index contributed by atoms with van der Waals surface area (Å²) in [6.07, 6.45) is 2.79. The van der Waals surface area contributed by atoms with Crippen molar-refractivity contribution < 1.29 is 18.8 Å². The van der Waals surface area contributed by atoms with Crippen molar-refractivity contribution in [3.8, 4) is 11.3 Å². The first-order valence-corrected chi connectivity index (χ1v) is 10.9. The summed E-state index contributed by atoms with van der Waals surface area (Å²) < 4.78 is 5.41. The molecule has 3 rings (SSSR count). The smallest absolute Gasteiger partial charge is 0.246 e. The fourth-order valence-electron chi connectivity index (χ4n) is 3.98. The lowest BCUT2D eigenvalue weighted by atomic mass is 9.85. The van der Waals surface area contributed by atoms with Gasteiger partial charge in [0.15, 0.2) is 12.2 Å². The first-order chi connectivity index (χ1) is 15.1. The first kappa shape index (κ1) is 23.5. The van der Waals surface area contributed by atoms with Crippen LogP contribution < -0.4 is 10.6 Å².